The Hall–Kier alpha value is -4.88. The van der Waals surface area contributed by atoms with E-state index < -0.39 is 5.41 Å². The molecule has 0 N–H and O–H groups in total. The van der Waals surface area contributed by atoms with Gasteiger partial charge in [0.05, 0.1) is 5.41 Å². The van der Waals surface area contributed by atoms with Crippen LogP contribution in [0.4, 0.5) is 17.1 Å². The zero-order chi connectivity index (χ0) is 27.9. The van der Waals surface area contributed by atoms with Crippen molar-refractivity contribution in [1.82, 2.24) is 0 Å². The molecule has 41 heavy (non-hydrogen) atoms. The van der Waals surface area contributed by atoms with Crippen LogP contribution in [0.2, 0.25) is 0 Å². The Morgan fingerprint density at radius 3 is 1.44 bits per heavy atom. The lowest BCUT2D eigenvalue weighted by Crippen LogP contribution is -2.49. The molecule has 0 aromatic heterocycles. The molecule has 0 heterocycles. The first kappa shape index (κ1) is 25.1. The van der Waals surface area contributed by atoms with Gasteiger partial charge in [-0.05, 0) is 69.8 Å². The molecule has 1 aliphatic carbocycles. The zero-order valence-electron chi connectivity index (χ0n) is 23.5. The number of hydrogen-bond donors (Lipinski definition) is 0. The average molecular weight is 528 g/mol. The molecule has 0 amide bonds. The Bertz CT molecular complexity index is 1770. The first-order valence-electron chi connectivity index (χ1n) is 14.4. The van der Waals surface area contributed by atoms with Crippen molar-refractivity contribution in [1.29, 1.82) is 0 Å². The number of anilines is 3. The van der Waals surface area contributed by atoms with Gasteiger partial charge in [-0.3, -0.25) is 0 Å². The van der Waals surface area contributed by atoms with Gasteiger partial charge in [0.2, 0.25) is 0 Å². The highest BCUT2D eigenvalue weighted by Crippen LogP contribution is 2.60. The van der Waals surface area contributed by atoms with E-state index in [1.54, 1.807) is 0 Å². The minimum Gasteiger partial charge on any atom is -0.310 e. The number of para-hydroxylation sites is 2. The van der Waals surface area contributed by atoms with Gasteiger partial charge in [0.15, 0.2) is 0 Å². The van der Waals surface area contributed by atoms with E-state index in [-0.39, 0.29) is 5.41 Å². The van der Waals surface area contributed by atoms with E-state index in [2.05, 4.69) is 183 Å². The summed E-state index contributed by atoms with van der Waals surface area (Å²) in [6, 6.07) is 59.6. The van der Waals surface area contributed by atoms with E-state index in [4.69, 9.17) is 0 Å². The summed E-state index contributed by atoms with van der Waals surface area (Å²) >= 11 is 0. The van der Waals surface area contributed by atoms with Crippen LogP contribution < -0.4 is 4.90 Å². The van der Waals surface area contributed by atoms with Crippen molar-refractivity contribution in [2.45, 2.75) is 24.7 Å². The van der Waals surface area contributed by atoms with Gasteiger partial charge in [-0.15, -0.1) is 0 Å². The average Bonchev–Trinajstić information content (AvgIpc) is 3.03. The predicted octanol–water partition coefficient (Wildman–Crippen LogP) is 10.4. The highest BCUT2D eigenvalue weighted by molar-refractivity contribution is 5.83. The smallest absolute Gasteiger partial charge is 0.0549 e. The largest absolute Gasteiger partial charge is 0.310 e. The van der Waals surface area contributed by atoms with Gasteiger partial charge in [0.25, 0.3) is 0 Å². The van der Waals surface area contributed by atoms with Crippen molar-refractivity contribution in [2.75, 3.05) is 4.90 Å². The molecule has 1 nitrogen and oxygen atoms in total. The summed E-state index contributed by atoms with van der Waals surface area (Å²) in [4.78, 5) is 2.36. The first-order chi connectivity index (χ1) is 20.1. The van der Waals surface area contributed by atoms with Crippen molar-refractivity contribution in [3.63, 3.8) is 0 Å². The highest BCUT2D eigenvalue weighted by Gasteiger charge is 2.54. The molecule has 6 aromatic carbocycles. The molecule has 0 aliphatic heterocycles. The fraction of sp³-hybridized carbons (Fsp3) is 0.100. The van der Waals surface area contributed by atoms with E-state index in [9.17, 15) is 0 Å². The second-order valence-electron chi connectivity index (χ2n) is 11.4. The van der Waals surface area contributed by atoms with Gasteiger partial charge in [0.1, 0.15) is 0 Å². The van der Waals surface area contributed by atoms with Gasteiger partial charge in [-0.25, -0.2) is 0 Å². The molecule has 1 unspecified atom stereocenters. The van der Waals surface area contributed by atoms with Crippen LogP contribution in [0.5, 0.6) is 0 Å². The van der Waals surface area contributed by atoms with Gasteiger partial charge < -0.3 is 4.90 Å². The lowest BCUT2D eigenvalue weighted by Gasteiger charge is -2.53. The Kier molecular flexibility index (Phi) is 6.09. The van der Waals surface area contributed by atoms with E-state index in [0.29, 0.717) is 0 Å². The predicted molar refractivity (Wildman–Crippen MR) is 172 cm³/mol. The quantitative estimate of drug-likeness (QED) is 0.215. The Balaban J connectivity index is 1.55. The molecule has 1 aliphatic rings. The minimum atomic E-state index is -0.422. The monoisotopic (exact) mass is 527 g/mol. The Labute approximate surface area is 243 Å². The molecule has 198 valence electrons. The van der Waals surface area contributed by atoms with Crippen molar-refractivity contribution in [3.8, 4) is 11.1 Å². The molecule has 0 saturated carbocycles. The van der Waals surface area contributed by atoms with Gasteiger partial charge in [-0.1, -0.05) is 141 Å². The Morgan fingerprint density at radius 2 is 0.829 bits per heavy atom. The minimum absolute atomic E-state index is 0.248. The van der Waals surface area contributed by atoms with Crippen molar-refractivity contribution in [2.24, 2.45) is 0 Å². The summed E-state index contributed by atoms with van der Waals surface area (Å²) in [7, 11) is 0. The van der Waals surface area contributed by atoms with Crippen LogP contribution in [0.1, 0.15) is 36.1 Å². The summed E-state index contributed by atoms with van der Waals surface area (Å²) in [5.41, 5.74) is 10.7. The third kappa shape index (κ3) is 3.84. The fourth-order valence-corrected chi connectivity index (χ4v) is 7.21. The number of rotatable bonds is 5. The summed E-state index contributed by atoms with van der Waals surface area (Å²) in [6.07, 6.45) is 0. The van der Waals surface area contributed by atoms with Gasteiger partial charge in [-0.2, -0.15) is 0 Å². The number of fused-ring (bicyclic) bond motifs is 3. The molecule has 0 bridgehead atoms. The van der Waals surface area contributed by atoms with Crippen molar-refractivity contribution >= 4 is 17.1 Å². The maximum Gasteiger partial charge on any atom is 0.0549 e. The normalized spacial score (nSPS) is 16.8. The first-order valence-corrected chi connectivity index (χ1v) is 14.4. The van der Waals surface area contributed by atoms with Gasteiger partial charge >= 0.3 is 0 Å². The SMILES string of the molecule is CC1(C)c2ccccc2-c2ccccc2C1(c1ccccc1)c1cccc(N(c2ccccc2)c2ccccc2)c1. The summed E-state index contributed by atoms with van der Waals surface area (Å²) in [5, 5.41) is 0. The third-order valence-corrected chi connectivity index (χ3v) is 8.93. The molecule has 0 spiro atoms. The molecule has 6 aromatic rings. The van der Waals surface area contributed by atoms with Crippen LogP contribution in [0, 0.1) is 0 Å². The van der Waals surface area contributed by atoms with Crippen LogP contribution in [0.15, 0.2) is 164 Å². The Morgan fingerprint density at radius 1 is 0.390 bits per heavy atom. The maximum absolute atomic E-state index is 2.42. The van der Waals surface area contributed by atoms with Crippen LogP contribution in [0.25, 0.3) is 11.1 Å². The topological polar surface area (TPSA) is 3.24 Å². The molecular weight excluding hydrogens is 494 g/mol. The zero-order valence-corrected chi connectivity index (χ0v) is 23.5. The van der Waals surface area contributed by atoms with E-state index >= 15 is 0 Å². The van der Waals surface area contributed by atoms with E-state index in [1.165, 1.54) is 33.4 Å². The molecule has 1 atom stereocenters. The van der Waals surface area contributed by atoms with Crippen LogP contribution >= 0.6 is 0 Å². The second kappa shape index (κ2) is 9.94. The number of benzene rings is 6. The van der Waals surface area contributed by atoms with Crippen molar-refractivity contribution < 1.29 is 0 Å². The van der Waals surface area contributed by atoms with Crippen molar-refractivity contribution in [3.05, 3.63) is 186 Å². The second-order valence-corrected chi connectivity index (χ2v) is 11.4. The molecule has 0 fully saturated rings. The molecular formula is C40H33N. The van der Waals surface area contributed by atoms with Crippen LogP contribution in [0.3, 0.4) is 0 Å². The highest BCUT2D eigenvalue weighted by atomic mass is 15.1. The lowest BCUT2D eigenvalue weighted by atomic mass is 9.49. The van der Waals surface area contributed by atoms with Crippen LogP contribution in [-0.2, 0) is 10.8 Å². The standard InChI is InChI=1S/C40H33N/c1-39(2)37-27-14-12-25-35(37)36-26-13-15-28-38(36)40(39,30-17-6-3-7-18-30)31-19-16-24-34(29-31)41(32-20-8-4-9-21-32)33-22-10-5-11-23-33/h3-29H,1-2H3. The van der Waals surface area contributed by atoms with Gasteiger partial charge in [0, 0.05) is 22.5 Å². The summed E-state index contributed by atoms with van der Waals surface area (Å²) in [6.45, 7) is 4.85. The number of hydrogen-bond acceptors (Lipinski definition) is 1. The summed E-state index contributed by atoms with van der Waals surface area (Å²) < 4.78 is 0. The van der Waals surface area contributed by atoms with Crippen LogP contribution in [-0.4, -0.2) is 0 Å². The molecule has 0 radical (unpaired) electrons. The summed E-state index contributed by atoms with van der Waals surface area (Å²) in [5.74, 6) is 0. The lowest BCUT2D eigenvalue weighted by molar-refractivity contribution is 0.353. The third-order valence-electron chi connectivity index (χ3n) is 8.93. The van der Waals surface area contributed by atoms with E-state index in [0.717, 1.165) is 17.1 Å². The maximum atomic E-state index is 2.42. The number of nitrogens with zero attached hydrogens (tertiary/aromatic N) is 1. The molecule has 0 saturated heterocycles. The molecule has 7 rings (SSSR count). The molecule has 1 heteroatoms. The fourth-order valence-electron chi connectivity index (χ4n) is 7.21. The van der Waals surface area contributed by atoms with E-state index in [1.807, 2.05) is 0 Å².